The molecule has 102 valence electrons. The van der Waals surface area contributed by atoms with E-state index in [4.69, 9.17) is 15.7 Å². The van der Waals surface area contributed by atoms with Crippen LogP contribution in [0.5, 0.6) is 11.5 Å². The highest BCUT2D eigenvalue weighted by molar-refractivity contribution is 5.58. The van der Waals surface area contributed by atoms with Crippen LogP contribution in [0.25, 0.3) is 0 Å². The predicted molar refractivity (Wildman–Crippen MR) is 80.8 cm³/mol. The van der Waals surface area contributed by atoms with Crippen LogP contribution in [0.2, 0.25) is 0 Å². The molecular weight excluding hydrogens is 248 g/mol. The molecular formula is C17H18N2O. The van der Waals surface area contributed by atoms with Crippen molar-refractivity contribution < 1.29 is 4.74 Å². The largest absolute Gasteiger partial charge is 0.455 e. The van der Waals surface area contributed by atoms with E-state index >= 15 is 0 Å². The van der Waals surface area contributed by atoms with E-state index in [1.165, 1.54) is 0 Å². The summed E-state index contributed by atoms with van der Waals surface area (Å²) in [6.45, 7) is 4.31. The van der Waals surface area contributed by atoms with E-state index in [9.17, 15) is 0 Å². The van der Waals surface area contributed by atoms with E-state index in [-0.39, 0.29) is 0 Å². The summed E-state index contributed by atoms with van der Waals surface area (Å²) in [6, 6.07) is 15.1. The van der Waals surface area contributed by atoms with Gasteiger partial charge >= 0.3 is 0 Å². The number of nitriles is 1. The first-order chi connectivity index (χ1) is 9.65. The first-order valence-electron chi connectivity index (χ1n) is 6.72. The minimum absolute atomic E-state index is 0.409. The number of ether oxygens (including phenoxy) is 1. The normalized spacial score (nSPS) is 11.7. The summed E-state index contributed by atoms with van der Waals surface area (Å²) < 4.78 is 5.93. The zero-order chi connectivity index (χ0) is 14.5. The van der Waals surface area contributed by atoms with Crippen LogP contribution in [0.15, 0.2) is 42.5 Å². The quantitative estimate of drug-likeness (QED) is 0.832. The maximum Gasteiger partial charge on any atom is 0.151 e. The van der Waals surface area contributed by atoms with Crippen LogP contribution in [0, 0.1) is 11.3 Å². The molecule has 0 radical (unpaired) electrons. The highest BCUT2D eigenvalue weighted by atomic mass is 16.5. The Morgan fingerprint density at radius 1 is 1.20 bits per heavy atom. The van der Waals surface area contributed by atoms with Crippen LogP contribution in [0.4, 0.5) is 5.69 Å². The fraction of sp³-hybridized carbons (Fsp3) is 0.235. The van der Waals surface area contributed by atoms with Crippen molar-refractivity contribution in [1.82, 2.24) is 0 Å². The molecule has 3 heteroatoms. The number of rotatable bonds is 4. The molecule has 0 aromatic heterocycles. The van der Waals surface area contributed by atoms with Crippen molar-refractivity contribution in [3.05, 3.63) is 53.6 Å². The van der Waals surface area contributed by atoms with Gasteiger partial charge in [0.05, 0.1) is 17.3 Å². The Morgan fingerprint density at radius 3 is 2.65 bits per heavy atom. The molecule has 0 aliphatic heterocycles. The third-order valence-corrected chi connectivity index (χ3v) is 3.42. The molecule has 0 saturated carbocycles. The first-order valence-corrected chi connectivity index (χ1v) is 6.72. The van der Waals surface area contributed by atoms with Gasteiger partial charge in [0.1, 0.15) is 5.75 Å². The zero-order valence-electron chi connectivity index (χ0n) is 11.8. The summed E-state index contributed by atoms with van der Waals surface area (Å²) in [6.07, 6.45) is 1.04. The molecule has 0 saturated heterocycles. The van der Waals surface area contributed by atoms with Gasteiger partial charge in [-0.15, -0.1) is 0 Å². The van der Waals surface area contributed by atoms with Gasteiger partial charge in [0.25, 0.3) is 0 Å². The van der Waals surface area contributed by atoms with Crippen LogP contribution in [0.3, 0.4) is 0 Å². The number of anilines is 1. The molecule has 0 amide bonds. The van der Waals surface area contributed by atoms with Gasteiger partial charge in [0, 0.05) is 6.07 Å². The Balaban J connectivity index is 2.38. The second kappa shape index (κ2) is 6.12. The zero-order valence-corrected chi connectivity index (χ0v) is 11.8. The molecule has 1 atom stereocenters. The molecule has 0 heterocycles. The lowest BCUT2D eigenvalue weighted by molar-refractivity contribution is 0.472. The Labute approximate surface area is 119 Å². The highest BCUT2D eigenvalue weighted by Gasteiger charge is 2.11. The number of hydrogen-bond acceptors (Lipinski definition) is 3. The van der Waals surface area contributed by atoms with Crippen LogP contribution in [-0.2, 0) is 0 Å². The standard InChI is InChI=1S/C17H18N2O/c1-3-12(2)14-6-4-5-7-16(14)20-17-10-13(11-18)8-9-15(17)19/h4-10,12H,3,19H2,1-2H3. The van der Waals surface area contributed by atoms with Crippen molar-refractivity contribution >= 4 is 5.69 Å². The molecule has 20 heavy (non-hydrogen) atoms. The van der Waals surface area contributed by atoms with E-state index in [1.807, 2.05) is 18.2 Å². The van der Waals surface area contributed by atoms with Crippen LogP contribution < -0.4 is 10.5 Å². The van der Waals surface area contributed by atoms with Crippen LogP contribution >= 0.6 is 0 Å². The molecule has 2 N–H and O–H groups in total. The minimum atomic E-state index is 0.409. The third kappa shape index (κ3) is 2.92. The number of nitrogen functional groups attached to an aromatic ring is 1. The van der Waals surface area contributed by atoms with Crippen molar-refractivity contribution in [1.29, 1.82) is 5.26 Å². The van der Waals surface area contributed by atoms with Gasteiger partial charge in [-0.1, -0.05) is 32.0 Å². The summed E-state index contributed by atoms with van der Waals surface area (Å²) in [5.74, 6) is 1.73. The molecule has 0 bridgehead atoms. The lowest BCUT2D eigenvalue weighted by Gasteiger charge is -2.16. The highest BCUT2D eigenvalue weighted by Crippen LogP contribution is 2.34. The fourth-order valence-electron chi connectivity index (χ4n) is 2.01. The Hall–Kier alpha value is -2.47. The average molecular weight is 266 g/mol. The summed E-state index contributed by atoms with van der Waals surface area (Å²) in [5, 5.41) is 8.95. The van der Waals surface area contributed by atoms with E-state index in [0.717, 1.165) is 17.7 Å². The van der Waals surface area contributed by atoms with Crippen LogP contribution in [-0.4, -0.2) is 0 Å². The van der Waals surface area contributed by atoms with Gasteiger partial charge in [-0.3, -0.25) is 0 Å². The first kappa shape index (κ1) is 14.0. The molecule has 0 aliphatic carbocycles. The van der Waals surface area contributed by atoms with Crippen molar-refractivity contribution in [2.24, 2.45) is 0 Å². The number of nitrogens with two attached hydrogens (primary N) is 1. The van der Waals surface area contributed by atoms with Gasteiger partial charge in [-0.25, -0.2) is 0 Å². The van der Waals surface area contributed by atoms with Crippen molar-refractivity contribution in [3.8, 4) is 17.6 Å². The third-order valence-electron chi connectivity index (χ3n) is 3.42. The lowest BCUT2D eigenvalue weighted by atomic mass is 9.98. The summed E-state index contributed by atoms with van der Waals surface area (Å²) in [4.78, 5) is 0. The van der Waals surface area contributed by atoms with E-state index < -0.39 is 0 Å². The second-order valence-electron chi connectivity index (χ2n) is 4.81. The number of hydrogen-bond donors (Lipinski definition) is 1. The van der Waals surface area contributed by atoms with Crippen molar-refractivity contribution in [2.45, 2.75) is 26.2 Å². The summed E-state index contributed by atoms with van der Waals surface area (Å²) >= 11 is 0. The minimum Gasteiger partial charge on any atom is -0.455 e. The van der Waals surface area contributed by atoms with Crippen LogP contribution in [0.1, 0.15) is 37.3 Å². The predicted octanol–water partition coefficient (Wildman–Crippen LogP) is 4.45. The molecule has 2 rings (SSSR count). The smallest absolute Gasteiger partial charge is 0.151 e. The van der Waals surface area contributed by atoms with Crippen molar-refractivity contribution in [3.63, 3.8) is 0 Å². The Bertz CT molecular complexity index is 644. The van der Waals surface area contributed by atoms with Gasteiger partial charge in [0.2, 0.25) is 0 Å². The molecule has 0 fully saturated rings. The molecule has 0 spiro atoms. The second-order valence-corrected chi connectivity index (χ2v) is 4.81. The van der Waals surface area contributed by atoms with E-state index in [2.05, 4.69) is 26.0 Å². The Morgan fingerprint density at radius 2 is 1.95 bits per heavy atom. The number of para-hydroxylation sites is 1. The SMILES string of the molecule is CCC(C)c1ccccc1Oc1cc(C#N)ccc1N. The Kier molecular flexibility index (Phi) is 4.27. The molecule has 3 nitrogen and oxygen atoms in total. The number of nitrogens with zero attached hydrogens (tertiary/aromatic N) is 1. The molecule has 2 aromatic rings. The summed E-state index contributed by atoms with van der Waals surface area (Å²) in [7, 11) is 0. The number of benzene rings is 2. The molecule has 0 aliphatic rings. The fourth-order valence-corrected chi connectivity index (χ4v) is 2.01. The van der Waals surface area contributed by atoms with Gasteiger partial charge in [-0.05, 0) is 36.1 Å². The molecule has 1 unspecified atom stereocenters. The average Bonchev–Trinajstić information content (AvgIpc) is 2.49. The maximum atomic E-state index is 8.95. The van der Waals surface area contributed by atoms with E-state index in [0.29, 0.717) is 22.9 Å². The van der Waals surface area contributed by atoms with E-state index in [1.54, 1.807) is 18.2 Å². The van der Waals surface area contributed by atoms with Gasteiger partial charge < -0.3 is 10.5 Å². The lowest BCUT2D eigenvalue weighted by Crippen LogP contribution is -1.98. The van der Waals surface area contributed by atoms with Crippen molar-refractivity contribution in [2.75, 3.05) is 5.73 Å². The maximum absolute atomic E-state index is 8.95. The monoisotopic (exact) mass is 266 g/mol. The van der Waals surface area contributed by atoms with Gasteiger partial charge in [-0.2, -0.15) is 5.26 Å². The topological polar surface area (TPSA) is 59.0 Å². The molecule has 2 aromatic carbocycles. The summed E-state index contributed by atoms with van der Waals surface area (Å²) in [5.41, 5.74) is 8.13. The van der Waals surface area contributed by atoms with Gasteiger partial charge in [0.15, 0.2) is 5.75 Å².